The molecule has 0 aromatic rings. The Labute approximate surface area is 73.7 Å². The summed E-state index contributed by atoms with van der Waals surface area (Å²) >= 11 is 1.93. The molecule has 11 heavy (non-hydrogen) atoms. The second kappa shape index (κ2) is 3.18. The van der Waals surface area contributed by atoms with Crippen molar-refractivity contribution in [1.29, 1.82) is 0 Å². The van der Waals surface area contributed by atoms with E-state index < -0.39 is 0 Å². The van der Waals surface area contributed by atoms with Gasteiger partial charge in [-0.25, -0.2) is 0 Å². The van der Waals surface area contributed by atoms with E-state index in [9.17, 15) is 0 Å². The molecule has 1 aliphatic heterocycles. The Morgan fingerprint density at radius 1 is 1.55 bits per heavy atom. The van der Waals surface area contributed by atoms with Crippen molar-refractivity contribution in [2.45, 2.75) is 40.2 Å². The maximum Gasteiger partial charge on any atom is 0.0685 e. The summed E-state index contributed by atoms with van der Waals surface area (Å²) in [5.74, 6) is 1.19. The molecular weight excluding hydrogens is 154 g/mol. The molecule has 2 heteroatoms. The van der Waals surface area contributed by atoms with Crippen LogP contribution < -0.4 is 0 Å². The Balaban J connectivity index is 2.45. The monoisotopic (exact) mass is 171 g/mol. The van der Waals surface area contributed by atoms with Gasteiger partial charge >= 0.3 is 0 Å². The van der Waals surface area contributed by atoms with Crippen LogP contribution in [0.5, 0.6) is 0 Å². The van der Waals surface area contributed by atoms with Crippen LogP contribution in [0, 0.1) is 5.41 Å². The van der Waals surface area contributed by atoms with E-state index >= 15 is 0 Å². The lowest BCUT2D eigenvalue weighted by atomic mass is 9.93. The average molecular weight is 171 g/mol. The Bertz CT molecular complexity index is 167. The van der Waals surface area contributed by atoms with Gasteiger partial charge in [-0.3, -0.25) is 4.99 Å². The number of aliphatic imine (C=N–C) groups is 1. The van der Waals surface area contributed by atoms with Crippen LogP contribution in [0.2, 0.25) is 0 Å². The van der Waals surface area contributed by atoms with Gasteiger partial charge in [0.25, 0.3) is 0 Å². The first-order valence-corrected chi connectivity index (χ1v) is 5.15. The zero-order chi connectivity index (χ0) is 8.48. The van der Waals surface area contributed by atoms with Crippen LogP contribution >= 0.6 is 11.8 Å². The molecule has 0 spiro atoms. The number of hydrogen-bond acceptors (Lipinski definition) is 2. The van der Waals surface area contributed by atoms with E-state index in [4.69, 9.17) is 0 Å². The number of rotatable bonds is 1. The summed E-state index contributed by atoms with van der Waals surface area (Å²) in [7, 11) is 0. The first-order chi connectivity index (χ1) is 4.97. The van der Waals surface area contributed by atoms with Crippen LogP contribution in [-0.4, -0.2) is 16.8 Å². The van der Waals surface area contributed by atoms with E-state index in [0.29, 0.717) is 11.5 Å². The van der Waals surface area contributed by atoms with Crippen LogP contribution in [0.25, 0.3) is 0 Å². The van der Waals surface area contributed by atoms with E-state index in [1.807, 2.05) is 11.8 Å². The fraction of sp³-hybridized carbons (Fsp3) is 0.889. The highest BCUT2D eigenvalue weighted by Crippen LogP contribution is 2.28. The summed E-state index contributed by atoms with van der Waals surface area (Å²) in [6.07, 6.45) is 1.14. The first-order valence-electron chi connectivity index (χ1n) is 4.17. The maximum absolute atomic E-state index is 4.55. The van der Waals surface area contributed by atoms with Crippen molar-refractivity contribution in [1.82, 2.24) is 0 Å². The maximum atomic E-state index is 4.55. The second-order valence-electron chi connectivity index (χ2n) is 4.42. The smallest absolute Gasteiger partial charge is 0.0685 e. The quantitative estimate of drug-likeness (QED) is 0.591. The fourth-order valence-corrected chi connectivity index (χ4v) is 2.39. The molecule has 64 valence electrons. The minimum atomic E-state index is 0.399. The van der Waals surface area contributed by atoms with E-state index in [-0.39, 0.29) is 0 Å². The molecule has 0 aromatic carbocycles. The highest BCUT2D eigenvalue weighted by Gasteiger charge is 2.19. The summed E-state index contributed by atoms with van der Waals surface area (Å²) in [6, 6.07) is 0.553. The summed E-state index contributed by atoms with van der Waals surface area (Å²) in [5, 5.41) is 1.35. The van der Waals surface area contributed by atoms with Crippen molar-refractivity contribution in [3.05, 3.63) is 0 Å². The molecule has 1 nitrogen and oxygen atoms in total. The van der Waals surface area contributed by atoms with Crippen molar-refractivity contribution >= 4 is 16.8 Å². The van der Waals surface area contributed by atoms with Gasteiger partial charge in [0.1, 0.15) is 0 Å². The van der Waals surface area contributed by atoms with Gasteiger partial charge in [0, 0.05) is 12.2 Å². The predicted octanol–water partition coefficient (Wildman–Crippen LogP) is 2.96. The molecule has 0 N–H and O–H groups in total. The largest absolute Gasteiger partial charge is 0.279 e. The SMILES string of the molecule is C[C@H]1CSC(CC(C)(C)C)=N1. The fourth-order valence-electron chi connectivity index (χ4n) is 1.09. The standard InChI is InChI=1S/C9H17NS/c1-7-6-11-8(10-7)5-9(2,3)4/h7H,5-6H2,1-4H3/t7-/m0/s1. The summed E-state index contributed by atoms with van der Waals surface area (Å²) in [6.45, 7) is 8.97. The lowest BCUT2D eigenvalue weighted by Crippen LogP contribution is -2.09. The van der Waals surface area contributed by atoms with Crippen molar-refractivity contribution in [3.8, 4) is 0 Å². The minimum Gasteiger partial charge on any atom is -0.279 e. The van der Waals surface area contributed by atoms with Crippen molar-refractivity contribution in [2.75, 3.05) is 5.75 Å². The predicted molar refractivity (Wildman–Crippen MR) is 53.4 cm³/mol. The molecule has 0 unspecified atom stereocenters. The molecule has 0 radical (unpaired) electrons. The highest BCUT2D eigenvalue weighted by atomic mass is 32.2. The third-order valence-corrected chi connectivity index (χ3v) is 2.77. The summed E-state index contributed by atoms with van der Waals surface area (Å²) < 4.78 is 0. The lowest BCUT2D eigenvalue weighted by molar-refractivity contribution is 0.436. The molecule has 0 amide bonds. The third kappa shape index (κ3) is 3.28. The van der Waals surface area contributed by atoms with Gasteiger partial charge in [0.2, 0.25) is 0 Å². The molecule has 0 aromatic heterocycles. The van der Waals surface area contributed by atoms with E-state index in [0.717, 1.165) is 6.42 Å². The van der Waals surface area contributed by atoms with Gasteiger partial charge in [0.05, 0.1) is 11.1 Å². The topological polar surface area (TPSA) is 12.4 Å². The van der Waals surface area contributed by atoms with Gasteiger partial charge in [-0.15, -0.1) is 11.8 Å². The third-order valence-electron chi connectivity index (χ3n) is 1.54. The molecular formula is C9H17NS. The molecule has 1 aliphatic rings. The van der Waals surface area contributed by atoms with Gasteiger partial charge in [-0.2, -0.15) is 0 Å². The first kappa shape index (κ1) is 9.11. The van der Waals surface area contributed by atoms with Crippen molar-refractivity contribution in [2.24, 2.45) is 10.4 Å². The van der Waals surface area contributed by atoms with E-state index in [1.165, 1.54) is 10.8 Å². The Kier molecular flexibility index (Phi) is 2.63. The van der Waals surface area contributed by atoms with Crippen LogP contribution in [0.3, 0.4) is 0 Å². The molecule has 0 bridgehead atoms. The van der Waals surface area contributed by atoms with Gasteiger partial charge < -0.3 is 0 Å². The van der Waals surface area contributed by atoms with Crippen LogP contribution in [0.4, 0.5) is 0 Å². The zero-order valence-corrected chi connectivity index (χ0v) is 8.66. The molecule has 1 atom stereocenters. The molecule has 1 heterocycles. The normalized spacial score (nSPS) is 25.5. The van der Waals surface area contributed by atoms with Crippen LogP contribution in [-0.2, 0) is 0 Å². The van der Waals surface area contributed by atoms with Crippen molar-refractivity contribution < 1.29 is 0 Å². The Hall–Kier alpha value is 0.0200. The molecule has 0 saturated carbocycles. The molecule has 1 rings (SSSR count). The number of nitrogens with zero attached hydrogens (tertiary/aromatic N) is 1. The number of thioether (sulfide) groups is 1. The van der Waals surface area contributed by atoms with Crippen LogP contribution in [0.1, 0.15) is 34.1 Å². The van der Waals surface area contributed by atoms with E-state index in [2.05, 4.69) is 32.7 Å². The lowest BCUT2D eigenvalue weighted by Gasteiger charge is -2.16. The zero-order valence-electron chi connectivity index (χ0n) is 7.85. The Morgan fingerprint density at radius 2 is 2.18 bits per heavy atom. The van der Waals surface area contributed by atoms with Crippen LogP contribution in [0.15, 0.2) is 4.99 Å². The van der Waals surface area contributed by atoms with Gasteiger partial charge in [-0.05, 0) is 12.3 Å². The van der Waals surface area contributed by atoms with Crippen molar-refractivity contribution in [3.63, 3.8) is 0 Å². The van der Waals surface area contributed by atoms with Gasteiger partial charge in [-0.1, -0.05) is 20.8 Å². The second-order valence-corrected chi connectivity index (χ2v) is 5.51. The number of hydrogen-bond donors (Lipinski definition) is 0. The Morgan fingerprint density at radius 3 is 2.55 bits per heavy atom. The molecule has 0 saturated heterocycles. The highest BCUT2D eigenvalue weighted by molar-refractivity contribution is 8.14. The molecule has 0 fully saturated rings. The average Bonchev–Trinajstić information content (AvgIpc) is 2.10. The molecule has 0 aliphatic carbocycles. The van der Waals surface area contributed by atoms with Gasteiger partial charge in [0.15, 0.2) is 0 Å². The summed E-state index contributed by atoms with van der Waals surface area (Å²) in [4.78, 5) is 4.55. The minimum absolute atomic E-state index is 0.399. The summed E-state index contributed by atoms with van der Waals surface area (Å²) in [5.41, 5.74) is 0.399. The van der Waals surface area contributed by atoms with E-state index in [1.54, 1.807) is 0 Å².